The van der Waals surface area contributed by atoms with E-state index in [2.05, 4.69) is 41.6 Å². The highest BCUT2D eigenvalue weighted by Gasteiger charge is 2.10. The quantitative estimate of drug-likeness (QED) is 0.804. The van der Waals surface area contributed by atoms with Crippen molar-refractivity contribution in [3.63, 3.8) is 0 Å². The fourth-order valence-electron chi connectivity index (χ4n) is 2.16. The highest BCUT2D eigenvalue weighted by Crippen LogP contribution is 2.23. The number of hydrogen-bond acceptors (Lipinski definition) is 3. The van der Waals surface area contributed by atoms with Gasteiger partial charge in [0.2, 0.25) is 0 Å². The number of aliphatic hydroxyl groups excluding tert-OH is 1. The smallest absolute Gasteiger partial charge is 0.0731 e. The first-order valence-corrected chi connectivity index (χ1v) is 6.78. The molecule has 102 valence electrons. The molecule has 0 aliphatic carbocycles. The highest BCUT2D eigenvalue weighted by molar-refractivity contribution is 5.41. The minimum absolute atomic E-state index is 0.109. The molecule has 19 heavy (non-hydrogen) atoms. The van der Waals surface area contributed by atoms with Crippen LogP contribution in [0.4, 0.5) is 5.69 Å². The number of nitrogens with one attached hydrogen (secondary N) is 1. The summed E-state index contributed by atoms with van der Waals surface area (Å²) in [6.45, 7) is 2.83. The first kappa shape index (κ1) is 13.6. The Morgan fingerprint density at radius 1 is 1.32 bits per heavy atom. The van der Waals surface area contributed by atoms with Crippen LogP contribution in [-0.4, -0.2) is 21.5 Å². The minimum Gasteiger partial charge on any atom is -0.394 e. The van der Waals surface area contributed by atoms with Crippen LogP contribution in [0.3, 0.4) is 0 Å². The van der Waals surface area contributed by atoms with E-state index in [0.717, 1.165) is 18.5 Å². The molecule has 0 bridgehead atoms. The van der Waals surface area contributed by atoms with Gasteiger partial charge in [0.1, 0.15) is 0 Å². The maximum Gasteiger partial charge on any atom is 0.0731 e. The summed E-state index contributed by atoms with van der Waals surface area (Å²) in [5.41, 5.74) is 2.29. The summed E-state index contributed by atoms with van der Waals surface area (Å²) >= 11 is 0. The predicted octanol–water partition coefficient (Wildman–Crippen LogP) is 2.83. The zero-order valence-electron chi connectivity index (χ0n) is 11.3. The molecule has 1 heterocycles. The summed E-state index contributed by atoms with van der Waals surface area (Å²) in [6.07, 6.45) is 5.94. The number of aliphatic hydroxyl groups is 1. The SMILES string of the molecule is CCCC(Nc1cnn(CCO)c1)c1ccccc1. The van der Waals surface area contributed by atoms with E-state index in [0.29, 0.717) is 12.6 Å². The van der Waals surface area contributed by atoms with Crippen molar-refractivity contribution in [2.75, 3.05) is 11.9 Å². The van der Waals surface area contributed by atoms with Gasteiger partial charge < -0.3 is 10.4 Å². The summed E-state index contributed by atoms with van der Waals surface area (Å²) < 4.78 is 1.75. The van der Waals surface area contributed by atoms with Gasteiger partial charge in [-0.1, -0.05) is 43.7 Å². The largest absolute Gasteiger partial charge is 0.394 e. The average Bonchev–Trinajstić information content (AvgIpc) is 2.87. The third kappa shape index (κ3) is 3.83. The number of rotatable bonds is 7. The maximum atomic E-state index is 8.89. The lowest BCUT2D eigenvalue weighted by molar-refractivity contribution is 0.269. The molecule has 1 unspecified atom stereocenters. The lowest BCUT2D eigenvalue weighted by Crippen LogP contribution is -2.10. The molecule has 0 aliphatic heterocycles. The van der Waals surface area contributed by atoms with Crippen LogP contribution < -0.4 is 5.32 Å². The zero-order valence-corrected chi connectivity index (χ0v) is 11.3. The van der Waals surface area contributed by atoms with E-state index in [1.807, 2.05) is 12.3 Å². The second-order valence-electron chi connectivity index (χ2n) is 4.61. The Balaban J connectivity index is 2.07. The molecule has 0 radical (unpaired) electrons. The van der Waals surface area contributed by atoms with Crippen molar-refractivity contribution in [2.45, 2.75) is 32.4 Å². The summed E-state index contributed by atoms with van der Waals surface area (Å²) in [7, 11) is 0. The summed E-state index contributed by atoms with van der Waals surface area (Å²) in [4.78, 5) is 0. The van der Waals surface area contributed by atoms with Gasteiger partial charge in [0.15, 0.2) is 0 Å². The monoisotopic (exact) mass is 259 g/mol. The van der Waals surface area contributed by atoms with Crippen molar-refractivity contribution < 1.29 is 5.11 Å². The van der Waals surface area contributed by atoms with E-state index in [4.69, 9.17) is 5.11 Å². The minimum atomic E-state index is 0.109. The van der Waals surface area contributed by atoms with Crippen LogP contribution in [0.25, 0.3) is 0 Å². The van der Waals surface area contributed by atoms with Gasteiger partial charge in [-0.3, -0.25) is 4.68 Å². The molecule has 0 aliphatic rings. The van der Waals surface area contributed by atoms with Crippen molar-refractivity contribution in [2.24, 2.45) is 0 Å². The van der Waals surface area contributed by atoms with Crippen LogP contribution in [0.5, 0.6) is 0 Å². The topological polar surface area (TPSA) is 50.1 Å². The number of aromatic nitrogens is 2. The molecule has 4 heteroatoms. The van der Waals surface area contributed by atoms with Gasteiger partial charge in [-0.15, -0.1) is 0 Å². The molecule has 0 amide bonds. The van der Waals surface area contributed by atoms with E-state index in [1.165, 1.54) is 5.56 Å². The zero-order chi connectivity index (χ0) is 13.5. The number of nitrogens with zero attached hydrogens (tertiary/aromatic N) is 2. The lowest BCUT2D eigenvalue weighted by Gasteiger charge is -2.18. The molecular formula is C15H21N3O. The van der Waals surface area contributed by atoms with Gasteiger partial charge >= 0.3 is 0 Å². The van der Waals surface area contributed by atoms with E-state index in [9.17, 15) is 0 Å². The molecule has 0 saturated heterocycles. The molecule has 2 aromatic rings. The van der Waals surface area contributed by atoms with Gasteiger partial charge in [-0.2, -0.15) is 5.10 Å². The normalized spacial score (nSPS) is 12.3. The molecule has 0 saturated carbocycles. The first-order valence-electron chi connectivity index (χ1n) is 6.78. The van der Waals surface area contributed by atoms with Gasteiger partial charge in [-0.25, -0.2) is 0 Å². The molecular weight excluding hydrogens is 238 g/mol. The fraction of sp³-hybridized carbons (Fsp3) is 0.400. The van der Waals surface area contributed by atoms with Crippen LogP contribution in [0.1, 0.15) is 31.4 Å². The van der Waals surface area contributed by atoms with Gasteiger partial charge in [0.05, 0.1) is 31.1 Å². The number of hydrogen-bond donors (Lipinski definition) is 2. The third-order valence-electron chi connectivity index (χ3n) is 3.08. The Morgan fingerprint density at radius 2 is 2.11 bits per heavy atom. The lowest BCUT2D eigenvalue weighted by atomic mass is 10.0. The Kier molecular flexibility index (Phi) is 4.98. The second-order valence-corrected chi connectivity index (χ2v) is 4.61. The Morgan fingerprint density at radius 3 is 2.79 bits per heavy atom. The number of anilines is 1. The molecule has 2 N–H and O–H groups in total. The van der Waals surface area contributed by atoms with Crippen LogP contribution in [0, 0.1) is 0 Å². The standard InChI is InChI=1S/C15H21N3O/c1-2-6-15(13-7-4-3-5-8-13)17-14-11-16-18(12-14)9-10-19/h3-5,7-8,11-12,15,17,19H,2,6,9-10H2,1H3. The van der Waals surface area contributed by atoms with Crippen molar-refractivity contribution in [3.8, 4) is 0 Å². The summed E-state index contributed by atoms with van der Waals surface area (Å²) in [5.74, 6) is 0. The third-order valence-corrected chi connectivity index (χ3v) is 3.08. The average molecular weight is 259 g/mol. The molecule has 0 fully saturated rings. The Labute approximate surface area is 114 Å². The Hall–Kier alpha value is -1.81. The summed E-state index contributed by atoms with van der Waals surface area (Å²) in [5, 5.41) is 16.6. The van der Waals surface area contributed by atoms with E-state index >= 15 is 0 Å². The molecule has 0 spiro atoms. The van der Waals surface area contributed by atoms with Crippen molar-refractivity contribution in [1.29, 1.82) is 0 Å². The molecule has 1 atom stereocenters. The second kappa shape index (κ2) is 6.95. The fourth-order valence-corrected chi connectivity index (χ4v) is 2.16. The molecule has 2 rings (SSSR count). The molecule has 4 nitrogen and oxygen atoms in total. The van der Waals surface area contributed by atoms with E-state index in [1.54, 1.807) is 10.9 Å². The highest BCUT2D eigenvalue weighted by atomic mass is 16.3. The molecule has 1 aromatic heterocycles. The van der Waals surface area contributed by atoms with Gasteiger partial charge in [0.25, 0.3) is 0 Å². The summed E-state index contributed by atoms with van der Waals surface area (Å²) in [6, 6.07) is 10.8. The predicted molar refractivity (Wildman–Crippen MR) is 77.0 cm³/mol. The number of benzene rings is 1. The van der Waals surface area contributed by atoms with E-state index < -0.39 is 0 Å². The van der Waals surface area contributed by atoms with Gasteiger partial charge in [-0.05, 0) is 12.0 Å². The molecule has 1 aromatic carbocycles. The van der Waals surface area contributed by atoms with Crippen molar-refractivity contribution >= 4 is 5.69 Å². The van der Waals surface area contributed by atoms with E-state index in [-0.39, 0.29) is 6.61 Å². The van der Waals surface area contributed by atoms with Crippen LogP contribution in [-0.2, 0) is 6.54 Å². The Bertz CT molecular complexity index is 481. The van der Waals surface area contributed by atoms with Gasteiger partial charge in [0, 0.05) is 6.20 Å². The van der Waals surface area contributed by atoms with Crippen molar-refractivity contribution in [1.82, 2.24) is 9.78 Å². The van der Waals surface area contributed by atoms with Crippen molar-refractivity contribution in [3.05, 3.63) is 48.3 Å². The van der Waals surface area contributed by atoms with Crippen LogP contribution in [0.15, 0.2) is 42.7 Å². The van der Waals surface area contributed by atoms with Crippen LogP contribution in [0.2, 0.25) is 0 Å². The first-order chi connectivity index (χ1) is 9.33. The maximum absolute atomic E-state index is 8.89. The van der Waals surface area contributed by atoms with Crippen LogP contribution >= 0.6 is 0 Å².